The average molecular weight is 389 g/mol. The molecule has 1 aromatic heterocycles. The summed E-state index contributed by atoms with van der Waals surface area (Å²) in [5.74, 6) is 0.556. The van der Waals surface area contributed by atoms with Gasteiger partial charge in [0.05, 0.1) is 19.8 Å². The largest absolute Gasteiger partial charge is 0.492 e. The Kier molecular flexibility index (Phi) is 5.66. The van der Waals surface area contributed by atoms with Gasteiger partial charge in [-0.25, -0.2) is 0 Å². The Morgan fingerprint density at radius 1 is 1.36 bits per heavy atom. The number of likely N-dealkylation sites (N-methyl/N-ethyl adjacent to an activating group) is 1. The van der Waals surface area contributed by atoms with Gasteiger partial charge in [-0.2, -0.15) is 0 Å². The van der Waals surface area contributed by atoms with E-state index in [0.717, 1.165) is 18.4 Å². The van der Waals surface area contributed by atoms with Gasteiger partial charge in [0.2, 0.25) is 5.91 Å². The summed E-state index contributed by atoms with van der Waals surface area (Å²) in [6.07, 6.45) is 3.98. The molecule has 154 valence electrons. The molecule has 7 nitrogen and oxygen atoms in total. The van der Waals surface area contributed by atoms with Crippen LogP contribution in [0.4, 0.5) is 0 Å². The number of hydrogen-bond acceptors (Lipinski definition) is 5. The number of ether oxygens (including phenoxy) is 2. The van der Waals surface area contributed by atoms with E-state index in [2.05, 4.69) is 22.5 Å². The second-order valence-electron chi connectivity index (χ2n) is 9.36. The van der Waals surface area contributed by atoms with Crippen LogP contribution in [-0.4, -0.2) is 49.7 Å². The van der Waals surface area contributed by atoms with Gasteiger partial charge >= 0.3 is 0 Å². The molecule has 0 aromatic carbocycles. The molecule has 28 heavy (non-hydrogen) atoms. The Balaban J connectivity index is 1.77. The zero-order valence-corrected chi connectivity index (χ0v) is 17.4. The lowest BCUT2D eigenvalue weighted by Crippen LogP contribution is -2.53. The van der Waals surface area contributed by atoms with E-state index in [9.17, 15) is 9.59 Å². The van der Waals surface area contributed by atoms with Crippen LogP contribution in [-0.2, 0) is 9.53 Å². The zero-order chi connectivity index (χ0) is 20.5. The SMILES string of the molecule is CNC(=O)[C@@H](NC(=O)c1cc(OCC2(C)COC2)c(C2CC2)cn1)C(C)(C)C. The molecular formula is C21H31N3O4. The Morgan fingerprint density at radius 2 is 2.04 bits per heavy atom. The van der Waals surface area contributed by atoms with Crippen molar-refractivity contribution < 1.29 is 19.1 Å². The van der Waals surface area contributed by atoms with E-state index in [1.54, 1.807) is 19.3 Å². The molecular weight excluding hydrogens is 358 g/mol. The molecule has 2 fully saturated rings. The highest BCUT2D eigenvalue weighted by Crippen LogP contribution is 2.44. The molecule has 2 N–H and O–H groups in total. The number of carbonyl (C=O) groups is 2. The van der Waals surface area contributed by atoms with Crippen LogP contribution in [0, 0.1) is 10.8 Å². The number of aromatic nitrogens is 1. The second-order valence-corrected chi connectivity index (χ2v) is 9.36. The van der Waals surface area contributed by atoms with E-state index in [0.29, 0.717) is 31.5 Å². The van der Waals surface area contributed by atoms with Crippen molar-refractivity contribution in [1.29, 1.82) is 0 Å². The van der Waals surface area contributed by atoms with Crippen molar-refractivity contribution in [1.82, 2.24) is 15.6 Å². The first kappa shape index (κ1) is 20.6. The molecule has 2 amide bonds. The number of amides is 2. The van der Waals surface area contributed by atoms with Crippen molar-refractivity contribution in [3.05, 3.63) is 23.5 Å². The van der Waals surface area contributed by atoms with Gasteiger partial charge in [-0.1, -0.05) is 27.7 Å². The standard InChI is InChI=1S/C21H31N3O4/c1-20(2,3)17(19(26)22-5)24-18(25)15-8-16(14(9-23-15)13-6-7-13)28-12-21(4)10-27-11-21/h8-9,13,17H,6-7,10-12H2,1-5H3,(H,22,26)(H,24,25)/t17-/m1/s1. The van der Waals surface area contributed by atoms with Gasteiger partial charge in [0.25, 0.3) is 5.91 Å². The van der Waals surface area contributed by atoms with Gasteiger partial charge < -0.3 is 20.1 Å². The maximum Gasteiger partial charge on any atom is 0.270 e. The van der Waals surface area contributed by atoms with Gasteiger partial charge in [-0.3, -0.25) is 14.6 Å². The lowest BCUT2D eigenvalue weighted by molar-refractivity contribution is -0.124. The van der Waals surface area contributed by atoms with E-state index in [1.165, 1.54) is 0 Å². The lowest BCUT2D eigenvalue weighted by atomic mass is 9.86. The number of hydrogen-bond donors (Lipinski definition) is 2. The van der Waals surface area contributed by atoms with Crippen LogP contribution in [0.1, 0.15) is 62.5 Å². The highest BCUT2D eigenvalue weighted by molar-refractivity contribution is 5.96. The summed E-state index contributed by atoms with van der Waals surface area (Å²) in [7, 11) is 1.56. The topological polar surface area (TPSA) is 89.6 Å². The molecule has 1 aliphatic carbocycles. The first-order chi connectivity index (χ1) is 13.1. The fraction of sp³-hybridized carbons (Fsp3) is 0.667. The summed E-state index contributed by atoms with van der Waals surface area (Å²) in [5, 5.41) is 5.43. The van der Waals surface area contributed by atoms with Crippen molar-refractivity contribution in [3.8, 4) is 5.75 Å². The zero-order valence-electron chi connectivity index (χ0n) is 17.4. The minimum Gasteiger partial charge on any atom is -0.492 e. The van der Waals surface area contributed by atoms with Crippen LogP contribution in [0.25, 0.3) is 0 Å². The average Bonchev–Trinajstić information content (AvgIpc) is 3.45. The van der Waals surface area contributed by atoms with Crippen LogP contribution < -0.4 is 15.4 Å². The van der Waals surface area contributed by atoms with E-state index < -0.39 is 11.5 Å². The van der Waals surface area contributed by atoms with Gasteiger partial charge in [0.1, 0.15) is 17.5 Å². The van der Waals surface area contributed by atoms with Crippen LogP contribution >= 0.6 is 0 Å². The number of nitrogens with zero attached hydrogens (tertiary/aromatic N) is 1. The summed E-state index contributed by atoms with van der Waals surface area (Å²) in [6, 6.07) is 1.04. The summed E-state index contributed by atoms with van der Waals surface area (Å²) in [4.78, 5) is 29.4. The number of rotatable bonds is 7. The third kappa shape index (κ3) is 4.63. The normalized spacial score (nSPS) is 19.3. The summed E-state index contributed by atoms with van der Waals surface area (Å²) in [5.41, 5.74) is 0.900. The van der Waals surface area contributed by atoms with E-state index in [-0.39, 0.29) is 22.9 Å². The maximum absolute atomic E-state index is 12.8. The Hall–Kier alpha value is -2.15. The third-order valence-corrected chi connectivity index (χ3v) is 5.27. The molecule has 7 heteroatoms. The molecule has 1 atom stereocenters. The van der Waals surface area contributed by atoms with Crippen LogP contribution in [0.5, 0.6) is 5.75 Å². The van der Waals surface area contributed by atoms with E-state index >= 15 is 0 Å². The predicted molar refractivity (Wildman–Crippen MR) is 105 cm³/mol. The first-order valence-corrected chi connectivity index (χ1v) is 9.86. The molecule has 1 aliphatic heterocycles. The molecule has 2 heterocycles. The molecule has 1 aromatic rings. The van der Waals surface area contributed by atoms with Crippen LogP contribution in [0.3, 0.4) is 0 Å². The Labute approximate surface area is 166 Å². The molecule has 0 unspecified atom stereocenters. The second kappa shape index (κ2) is 7.70. The fourth-order valence-corrected chi connectivity index (χ4v) is 3.21. The van der Waals surface area contributed by atoms with Gasteiger partial charge in [-0.15, -0.1) is 0 Å². The fourth-order valence-electron chi connectivity index (χ4n) is 3.21. The molecule has 0 bridgehead atoms. The highest BCUT2D eigenvalue weighted by atomic mass is 16.5. The van der Waals surface area contributed by atoms with Gasteiger partial charge in [-0.05, 0) is 24.2 Å². The van der Waals surface area contributed by atoms with Crippen molar-refractivity contribution in [2.45, 2.75) is 52.5 Å². The monoisotopic (exact) mass is 389 g/mol. The quantitative estimate of drug-likeness (QED) is 0.747. The van der Waals surface area contributed by atoms with Crippen molar-refractivity contribution >= 4 is 11.8 Å². The highest BCUT2D eigenvalue weighted by Gasteiger charge is 2.36. The number of nitrogens with one attached hydrogen (secondary N) is 2. The van der Waals surface area contributed by atoms with Crippen molar-refractivity contribution in [3.63, 3.8) is 0 Å². The molecule has 1 saturated heterocycles. The Bertz CT molecular complexity index is 749. The number of pyridine rings is 1. The maximum atomic E-state index is 12.8. The number of carbonyl (C=O) groups excluding carboxylic acids is 2. The smallest absolute Gasteiger partial charge is 0.270 e. The van der Waals surface area contributed by atoms with Gasteiger partial charge in [0, 0.05) is 30.3 Å². The summed E-state index contributed by atoms with van der Waals surface area (Å²) in [6.45, 7) is 9.76. The van der Waals surface area contributed by atoms with Crippen LogP contribution in [0.15, 0.2) is 12.3 Å². The summed E-state index contributed by atoms with van der Waals surface area (Å²) >= 11 is 0. The van der Waals surface area contributed by atoms with Crippen molar-refractivity contribution in [2.75, 3.05) is 26.9 Å². The predicted octanol–water partition coefficient (Wildman–Crippen LogP) is 2.26. The minimum atomic E-state index is -0.662. The third-order valence-electron chi connectivity index (χ3n) is 5.27. The summed E-state index contributed by atoms with van der Waals surface area (Å²) < 4.78 is 11.4. The molecule has 3 rings (SSSR count). The van der Waals surface area contributed by atoms with E-state index in [1.807, 2.05) is 20.8 Å². The molecule has 0 spiro atoms. The van der Waals surface area contributed by atoms with Crippen LogP contribution in [0.2, 0.25) is 0 Å². The molecule has 2 aliphatic rings. The minimum absolute atomic E-state index is 0.0169. The Morgan fingerprint density at radius 3 is 2.54 bits per heavy atom. The van der Waals surface area contributed by atoms with Crippen molar-refractivity contribution in [2.24, 2.45) is 10.8 Å². The molecule has 1 saturated carbocycles. The lowest BCUT2D eigenvalue weighted by Gasteiger charge is -2.37. The first-order valence-electron chi connectivity index (χ1n) is 9.86. The van der Waals surface area contributed by atoms with E-state index in [4.69, 9.17) is 9.47 Å². The molecule has 0 radical (unpaired) electrons. The van der Waals surface area contributed by atoms with Gasteiger partial charge in [0.15, 0.2) is 0 Å².